The van der Waals surface area contributed by atoms with Crippen molar-refractivity contribution in [2.24, 2.45) is 0 Å². The average molecular weight is 693 g/mol. The van der Waals surface area contributed by atoms with Gasteiger partial charge in [0.2, 0.25) is 0 Å². The van der Waals surface area contributed by atoms with Gasteiger partial charge in [-0.05, 0) is 92.7 Å². The predicted molar refractivity (Wildman–Crippen MR) is 225 cm³/mol. The van der Waals surface area contributed by atoms with Crippen LogP contribution in [0, 0.1) is 0 Å². The molecule has 0 saturated carbocycles. The summed E-state index contributed by atoms with van der Waals surface area (Å²) in [5, 5.41) is 4.97. The first-order valence-corrected chi connectivity index (χ1v) is 18.7. The summed E-state index contributed by atoms with van der Waals surface area (Å²) in [5.41, 5.74) is 11.9. The van der Waals surface area contributed by atoms with Gasteiger partial charge in [0, 0.05) is 36.9 Å². The standard InChI is InChI=1S/C50H32N2S/c1-3-14-34(15-4-1)42-19-9-10-20-43(42)40-28-39(37-25-26-49-45(31-37)44-21-11-12-22-48(44)53-49)29-41(30-40)47-32-46(51-50(52-47)35-16-5-2-6-17-35)38-24-23-33-13-7-8-18-36(33)27-38/h1-32H. The van der Waals surface area contributed by atoms with E-state index in [1.807, 2.05) is 29.5 Å². The van der Waals surface area contributed by atoms with Crippen LogP contribution in [0.5, 0.6) is 0 Å². The second-order valence-electron chi connectivity index (χ2n) is 13.4. The lowest BCUT2D eigenvalue weighted by Gasteiger charge is -2.15. The smallest absolute Gasteiger partial charge is 0.160 e. The Morgan fingerprint density at radius 1 is 0.302 bits per heavy atom. The first-order valence-electron chi connectivity index (χ1n) is 17.9. The average Bonchev–Trinajstić information content (AvgIpc) is 3.62. The zero-order valence-electron chi connectivity index (χ0n) is 28.8. The number of rotatable bonds is 6. The highest BCUT2D eigenvalue weighted by atomic mass is 32.1. The summed E-state index contributed by atoms with van der Waals surface area (Å²) < 4.78 is 2.60. The molecule has 10 rings (SSSR count). The first kappa shape index (κ1) is 31.1. The zero-order valence-corrected chi connectivity index (χ0v) is 29.6. The van der Waals surface area contributed by atoms with Crippen LogP contribution in [0.1, 0.15) is 0 Å². The van der Waals surface area contributed by atoms with Crippen LogP contribution in [0.2, 0.25) is 0 Å². The highest BCUT2D eigenvalue weighted by molar-refractivity contribution is 7.25. The van der Waals surface area contributed by atoms with E-state index in [1.165, 1.54) is 53.2 Å². The molecule has 0 bridgehead atoms. The molecule has 0 atom stereocenters. The van der Waals surface area contributed by atoms with Gasteiger partial charge < -0.3 is 0 Å². The maximum absolute atomic E-state index is 5.29. The van der Waals surface area contributed by atoms with E-state index in [2.05, 4.69) is 176 Å². The fraction of sp³-hybridized carbons (Fsp3) is 0. The number of hydrogen-bond donors (Lipinski definition) is 0. The van der Waals surface area contributed by atoms with E-state index in [4.69, 9.17) is 9.97 Å². The van der Waals surface area contributed by atoms with Gasteiger partial charge in [-0.25, -0.2) is 9.97 Å². The third kappa shape index (κ3) is 5.87. The Kier molecular flexibility index (Phi) is 7.71. The van der Waals surface area contributed by atoms with Gasteiger partial charge in [-0.2, -0.15) is 0 Å². The Labute approximate surface area is 312 Å². The van der Waals surface area contributed by atoms with E-state index in [9.17, 15) is 0 Å². The maximum Gasteiger partial charge on any atom is 0.160 e. The van der Waals surface area contributed by atoms with Gasteiger partial charge in [0.15, 0.2) is 5.82 Å². The lowest BCUT2D eigenvalue weighted by Crippen LogP contribution is -1.97. The van der Waals surface area contributed by atoms with E-state index in [-0.39, 0.29) is 0 Å². The monoisotopic (exact) mass is 692 g/mol. The molecule has 0 aliphatic rings. The van der Waals surface area contributed by atoms with Crippen molar-refractivity contribution in [2.45, 2.75) is 0 Å². The lowest BCUT2D eigenvalue weighted by atomic mass is 9.90. The van der Waals surface area contributed by atoms with Crippen LogP contribution in [0.15, 0.2) is 194 Å². The van der Waals surface area contributed by atoms with Gasteiger partial charge in [0.1, 0.15) is 0 Å². The van der Waals surface area contributed by atoms with E-state index in [1.54, 1.807) is 0 Å². The van der Waals surface area contributed by atoms with Crippen molar-refractivity contribution in [3.8, 4) is 67.3 Å². The molecule has 248 valence electrons. The van der Waals surface area contributed by atoms with Crippen LogP contribution >= 0.6 is 11.3 Å². The molecule has 0 aliphatic carbocycles. The van der Waals surface area contributed by atoms with E-state index >= 15 is 0 Å². The van der Waals surface area contributed by atoms with Crippen LogP contribution in [-0.4, -0.2) is 9.97 Å². The Bertz CT molecular complexity index is 2950. The highest BCUT2D eigenvalue weighted by Crippen LogP contribution is 2.41. The third-order valence-electron chi connectivity index (χ3n) is 10.1. The van der Waals surface area contributed by atoms with Gasteiger partial charge in [-0.15, -0.1) is 11.3 Å². The molecule has 2 nitrogen and oxygen atoms in total. The zero-order chi connectivity index (χ0) is 35.1. The Balaban J connectivity index is 1.22. The number of thiophene rings is 1. The molecule has 10 aromatic rings. The molecule has 8 aromatic carbocycles. The van der Waals surface area contributed by atoms with Crippen molar-refractivity contribution in [3.05, 3.63) is 194 Å². The van der Waals surface area contributed by atoms with Crippen LogP contribution in [0.25, 0.3) is 98.2 Å². The number of nitrogens with zero attached hydrogens (tertiary/aromatic N) is 2. The second-order valence-corrected chi connectivity index (χ2v) is 14.5. The summed E-state index contributed by atoms with van der Waals surface area (Å²) in [6, 6.07) is 69.4. The molecule has 2 heterocycles. The van der Waals surface area contributed by atoms with Gasteiger partial charge in [-0.1, -0.05) is 146 Å². The number of benzene rings is 8. The number of aromatic nitrogens is 2. The van der Waals surface area contributed by atoms with Crippen molar-refractivity contribution in [3.63, 3.8) is 0 Å². The van der Waals surface area contributed by atoms with E-state index < -0.39 is 0 Å². The summed E-state index contributed by atoms with van der Waals surface area (Å²) >= 11 is 1.85. The molecular weight excluding hydrogens is 661 g/mol. The quantitative estimate of drug-likeness (QED) is 0.173. The van der Waals surface area contributed by atoms with E-state index in [0.717, 1.165) is 39.2 Å². The topological polar surface area (TPSA) is 25.8 Å². The highest BCUT2D eigenvalue weighted by Gasteiger charge is 2.16. The predicted octanol–water partition coefficient (Wildman–Crippen LogP) is 14.0. The fourth-order valence-corrected chi connectivity index (χ4v) is 8.50. The summed E-state index contributed by atoms with van der Waals surface area (Å²) in [5.74, 6) is 0.703. The Morgan fingerprint density at radius 3 is 1.70 bits per heavy atom. The van der Waals surface area contributed by atoms with Crippen molar-refractivity contribution in [1.29, 1.82) is 0 Å². The van der Waals surface area contributed by atoms with Gasteiger partial charge >= 0.3 is 0 Å². The minimum atomic E-state index is 0.703. The summed E-state index contributed by atoms with van der Waals surface area (Å²) in [4.78, 5) is 10.5. The van der Waals surface area contributed by atoms with Crippen molar-refractivity contribution >= 4 is 42.3 Å². The van der Waals surface area contributed by atoms with Crippen LogP contribution < -0.4 is 0 Å². The minimum absolute atomic E-state index is 0.703. The summed E-state index contributed by atoms with van der Waals surface area (Å²) in [6.45, 7) is 0. The van der Waals surface area contributed by atoms with Crippen LogP contribution in [0.3, 0.4) is 0 Å². The third-order valence-corrected chi connectivity index (χ3v) is 11.2. The van der Waals surface area contributed by atoms with Crippen molar-refractivity contribution < 1.29 is 0 Å². The molecule has 3 heteroatoms. The molecule has 0 radical (unpaired) electrons. The largest absolute Gasteiger partial charge is 0.228 e. The molecular formula is C50H32N2S. The van der Waals surface area contributed by atoms with Gasteiger partial charge in [0.05, 0.1) is 11.4 Å². The minimum Gasteiger partial charge on any atom is -0.228 e. The maximum atomic E-state index is 5.29. The molecule has 53 heavy (non-hydrogen) atoms. The SMILES string of the molecule is c1ccc(-c2nc(-c3cc(-c4ccc5sc6ccccc6c5c4)cc(-c4ccccc4-c4ccccc4)c3)cc(-c3ccc4ccccc4c3)n2)cc1. The van der Waals surface area contributed by atoms with Gasteiger partial charge in [0.25, 0.3) is 0 Å². The van der Waals surface area contributed by atoms with Crippen LogP contribution in [-0.2, 0) is 0 Å². The summed E-state index contributed by atoms with van der Waals surface area (Å²) in [7, 11) is 0. The summed E-state index contributed by atoms with van der Waals surface area (Å²) in [6.07, 6.45) is 0. The second kappa shape index (κ2) is 13.1. The van der Waals surface area contributed by atoms with Crippen LogP contribution in [0.4, 0.5) is 0 Å². The Morgan fingerprint density at radius 2 is 0.887 bits per heavy atom. The molecule has 0 spiro atoms. The fourth-order valence-electron chi connectivity index (χ4n) is 7.42. The normalized spacial score (nSPS) is 11.4. The molecule has 0 saturated heterocycles. The number of fused-ring (bicyclic) bond motifs is 4. The first-order chi connectivity index (χ1) is 26.2. The molecule has 0 N–H and O–H groups in total. The number of hydrogen-bond acceptors (Lipinski definition) is 3. The molecule has 0 amide bonds. The lowest BCUT2D eigenvalue weighted by molar-refractivity contribution is 1.18. The Hall–Kier alpha value is -6.68. The molecule has 2 aromatic heterocycles. The van der Waals surface area contributed by atoms with E-state index in [0.29, 0.717) is 5.82 Å². The van der Waals surface area contributed by atoms with Crippen molar-refractivity contribution in [2.75, 3.05) is 0 Å². The van der Waals surface area contributed by atoms with Gasteiger partial charge in [-0.3, -0.25) is 0 Å². The van der Waals surface area contributed by atoms with Crippen molar-refractivity contribution in [1.82, 2.24) is 9.97 Å². The molecule has 0 aliphatic heterocycles. The molecule has 0 fully saturated rings. The molecule has 0 unspecified atom stereocenters.